The Bertz CT molecular complexity index is 938. The summed E-state index contributed by atoms with van der Waals surface area (Å²) in [6.07, 6.45) is 4.20. The van der Waals surface area contributed by atoms with E-state index in [4.69, 9.17) is 0 Å². The summed E-state index contributed by atoms with van der Waals surface area (Å²) in [7, 11) is -1.80. The second-order valence-electron chi connectivity index (χ2n) is 5.74. The number of aryl methyl sites for hydroxylation is 3. The maximum atomic E-state index is 12.1. The predicted molar refractivity (Wildman–Crippen MR) is 89.6 cm³/mol. The van der Waals surface area contributed by atoms with E-state index < -0.39 is 21.4 Å². The van der Waals surface area contributed by atoms with Gasteiger partial charge in [-0.2, -0.15) is 8.42 Å². The second kappa shape index (κ2) is 7.31. The molecule has 0 bridgehead atoms. The van der Waals surface area contributed by atoms with Crippen molar-refractivity contribution in [2.45, 2.75) is 39.2 Å². The number of imidazole rings is 1. The van der Waals surface area contributed by atoms with Crippen molar-refractivity contribution in [3.8, 4) is 0 Å². The van der Waals surface area contributed by atoms with Crippen LogP contribution in [0.15, 0.2) is 9.59 Å². The zero-order chi connectivity index (χ0) is 17.9. The van der Waals surface area contributed by atoms with E-state index >= 15 is 0 Å². The molecule has 0 saturated heterocycles. The molecule has 0 aliphatic heterocycles. The van der Waals surface area contributed by atoms with Crippen LogP contribution < -0.4 is 11.2 Å². The number of aromatic amines is 1. The first-order valence-corrected chi connectivity index (χ1v) is 9.53. The Morgan fingerprint density at radius 3 is 2.50 bits per heavy atom. The molecule has 2 heterocycles. The van der Waals surface area contributed by atoms with Gasteiger partial charge in [0.15, 0.2) is 11.2 Å². The van der Waals surface area contributed by atoms with Crippen LogP contribution in [0.4, 0.5) is 0 Å². The summed E-state index contributed by atoms with van der Waals surface area (Å²) in [4.78, 5) is 30.3. The lowest BCUT2D eigenvalue weighted by Crippen LogP contribution is -2.29. The zero-order valence-electron chi connectivity index (χ0n) is 14.0. The molecule has 2 aromatic rings. The van der Waals surface area contributed by atoms with E-state index in [0.29, 0.717) is 30.0 Å². The fraction of sp³-hybridized carbons (Fsp3) is 0.643. The van der Waals surface area contributed by atoms with Gasteiger partial charge in [-0.25, -0.2) is 9.78 Å². The Labute approximate surface area is 139 Å². The first-order chi connectivity index (χ1) is 11.2. The van der Waals surface area contributed by atoms with Crippen LogP contribution in [0.3, 0.4) is 0 Å². The molecule has 0 aliphatic rings. The van der Waals surface area contributed by atoms with E-state index in [1.165, 1.54) is 4.57 Å². The van der Waals surface area contributed by atoms with Crippen LogP contribution >= 0.6 is 0 Å². The number of hydrogen-bond donors (Lipinski definition) is 1. The average molecular weight is 358 g/mol. The average Bonchev–Trinajstić information content (AvgIpc) is 2.80. The third kappa shape index (κ3) is 4.32. The van der Waals surface area contributed by atoms with Gasteiger partial charge in [0.25, 0.3) is 15.7 Å². The molecule has 10 heteroatoms. The highest BCUT2D eigenvalue weighted by atomic mass is 32.2. The van der Waals surface area contributed by atoms with E-state index in [2.05, 4.69) is 14.2 Å². The molecular formula is C14H22N4O5S. The molecule has 0 atom stereocenters. The molecule has 0 unspecified atom stereocenters. The van der Waals surface area contributed by atoms with Crippen LogP contribution in [-0.4, -0.2) is 40.4 Å². The first-order valence-electron chi connectivity index (χ1n) is 7.71. The minimum absolute atomic E-state index is 0.188. The third-order valence-corrected chi connectivity index (χ3v) is 4.37. The first kappa shape index (κ1) is 18.4. The van der Waals surface area contributed by atoms with Gasteiger partial charge in [0.05, 0.1) is 12.9 Å². The Kier molecular flexibility index (Phi) is 5.60. The molecule has 0 saturated carbocycles. The van der Waals surface area contributed by atoms with E-state index in [1.807, 2.05) is 0 Å². The van der Waals surface area contributed by atoms with Crippen molar-refractivity contribution in [2.75, 3.05) is 12.9 Å². The third-order valence-electron chi connectivity index (χ3n) is 3.77. The molecule has 0 aliphatic carbocycles. The van der Waals surface area contributed by atoms with Crippen molar-refractivity contribution in [1.82, 2.24) is 19.1 Å². The molecule has 134 valence electrons. The highest BCUT2D eigenvalue weighted by Gasteiger charge is 2.14. The smallest absolute Gasteiger partial charge is 0.322 e. The Morgan fingerprint density at radius 2 is 1.83 bits per heavy atom. The van der Waals surface area contributed by atoms with Crippen LogP contribution in [0.1, 0.15) is 31.5 Å². The number of rotatable bonds is 8. The van der Waals surface area contributed by atoms with Crippen molar-refractivity contribution >= 4 is 21.3 Å². The minimum atomic E-state index is -3.37. The SMILES string of the molecule is Cc1nc2c(c(=O)[nH]c(=O)n2C)n1CCCCCCOS(C)(=O)=O. The van der Waals surface area contributed by atoms with Gasteiger partial charge in [-0.3, -0.25) is 18.5 Å². The second-order valence-corrected chi connectivity index (χ2v) is 7.39. The number of hydrogen-bond acceptors (Lipinski definition) is 6. The van der Waals surface area contributed by atoms with Gasteiger partial charge >= 0.3 is 5.69 Å². The molecule has 9 nitrogen and oxygen atoms in total. The predicted octanol–water partition coefficient (Wildman–Crippen LogP) is 0.268. The topological polar surface area (TPSA) is 116 Å². The van der Waals surface area contributed by atoms with Gasteiger partial charge in [-0.15, -0.1) is 0 Å². The van der Waals surface area contributed by atoms with E-state index in [-0.39, 0.29) is 6.61 Å². The Hall–Kier alpha value is -1.94. The van der Waals surface area contributed by atoms with Crippen LogP contribution in [0, 0.1) is 6.92 Å². The molecule has 2 aromatic heterocycles. The van der Waals surface area contributed by atoms with Crippen LogP contribution in [0.2, 0.25) is 0 Å². The van der Waals surface area contributed by atoms with E-state index in [1.54, 1.807) is 18.5 Å². The summed E-state index contributed by atoms with van der Waals surface area (Å²) in [6.45, 7) is 2.59. The molecule has 0 amide bonds. The minimum Gasteiger partial charge on any atom is -0.322 e. The largest absolute Gasteiger partial charge is 0.329 e. The number of nitrogens with one attached hydrogen (secondary N) is 1. The van der Waals surface area contributed by atoms with Crippen molar-refractivity contribution in [3.05, 3.63) is 26.7 Å². The number of nitrogens with zero attached hydrogens (tertiary/aromatic N) is 3. The highest BCUT2D eigenvalue weighted by molar-refractivity contribution is 7.85. The summed E-state index contributed by atoms with van der Waals surface area (Å²) in [5.74, 6) is 0.678. The molecular weight excluding hydrogens is 336 g/mol. The molecule has 2 rings (SSSR count). The summed E-state index contributed by atoms with van der Waals surface area (Å²) in [6, 6.07) is 0. The summed E-state index contributed by atoms with van der Waals surface area (Å²) >= 11 is 0. The number of unbranched alkanes of at least 4 members (excludes halogenated alkanes) is 3. The van der Waals surface area contributed by atoms with Crippen LogP contribution in [-0.2, 0) is 27.9 Å². The summed E-state index contributed by atoms with van der Waals surface area (Å²) < 4.78 is 29.5. The molecule has 0 radical (unpaired) electrons. The molecule has 0 spiro atoms. The maximum absolute atomic E-state index is 12.1. The standard InChI is InChI=1S/C14H22N4O5S/c1-10-15-12-11(13(19)16-14(20)17(12)2)18(10)8-6-4-5-7-9-23-24(3,21)22/h4-9H2,1-3H3,(H,16,19,20). The fourth-order valence-corrected chi connectivity index (χ4v) is 2.97. The normalized spacial score (nSPS) is 12.1. The van der Waals surface area contributed by atoms with Crippen molar-refractivity contribution in [2.24, 2.45) is 7.05 Å². The van der Waals surface area contributed by atoms with E-state index in [9.17, 15) is 18.0 Å². The summed E-state index contributed by atoms with van der Waals surface area (Å²) in [5, 5.41) is 0. The zero-order valence-corrected chi connectivity index (χ0v) is 14.9. The molecule has 1 N–H and O–H groups in total. The van der Waals surface area contributed by atoms with Gasteiger partial charge < -0.3 is 4.57 Å². The number of fused-ring (bicyclic) bond motifs is 1. The lowest BCUT2D eigenvalue weighted by molar-refractivity contribution is 0.309. The number of H-pyrrole nitrogens is 1. The Balaban J connectivity index is 1.97. The quantitative estimate of drug-likeness (QED) is 0.535. The number of aromatic nitrogens is 4. The molecule has 0 aromatic carbocycles. The van der Waals surface area contributed by atoms with Crippen molar-refractivity contribution < 1.29 is 12.6 Å². The maximum Gasteiger partial charge on any atom is 0.329 e. The van der Waals surface area contributed by atoms with Crippen molar-refractivity contribution in [3.63, 3.8) is 0 Å². The van der Waals surface area contributed by atoms with Gasteiger partial charge in [0.1, 0.15) is 5.82 Å². The van der Waals surface area contributed by atoms with Crippen LogP contribution in [0.25, 0.3) is 11.2 Å². The van der Waals surface area contributed by atoms with Gasteiger partial charge in [-0.05, 0) is 19.8 Å². The lowest BCUT2D eigenvalue weighted by Gasteiger charge is -2.06. The van der Waals surface area contributed by atoms with Gasteiger partial charge in [-0.1, -0.05) is 12.8 Å². The summed E-state index contributed by atoms with van der Waals surface area (Å²) in [5.41, 5.74) is -0.143. The monoisotopic (exact) mass is 358 g/mol. The highest BCUT2D eigenvalue weighted by Crippen LogP contribution is 2.12. The fourth-order valence-electron chi connectivity index (χ4n) is 2.55. The van der Waals surface area contributed by atoms with E-state index in [0.717, 1.165) is 25.5 Å². The molecule has 0 fully saturated rings. The van der Waals surface area contributed by atoms with Crippen molar-refractivity contribution in [1.29, 1.82) is 0 Å². The lowest BCUT2D eigenvalue weighted by atomic mass is 10.2. The van der Waals surface area contributed by atoms with Crippen LogP contribution in [0.5, 0.6) is 0 Å². The molecule has 24 heavy (non-hydrogen) atoms. The van der Waals surface area contributed by atoms with Gasteiger partial charge in [0.2, 0.25) is 0 Å². The Morgan fingerprint density at radius 1 is 1.17 bits per heavy atom. The van der Waals surface area contributed by atoms with Gasteiger partial charge in [0, 0.05) is 13.6 Å².